The van der Waals surface area contributed by atoms with E-state index in [0.29, 0.717) is 11.4 Å². The molecule has 0 aromatic heterocycles. The number of hydrogen-bond acceptors (Lipinski definition) is 0. The SMILES string of the molecule is [Cl][Pd][Cl].[NH-]c1ccc(C=C2C=Cc3ccccc32)cc1.[NH-]c1ccc(C=C2C=Cc3ccccc32)cc1. The molecular formula is C32H24Cl2N2Pd-2. The van der Waals surface area contributed by atoms with Crippen molar-refractivity contribution in [3.8, 4) is 0 Å². The van der Waals surface area contributed by atoms with Crippen LogP contribution < -0.4 is 0 Å². The van der Waals surface area contributed by atoms with Gasteiger partial charge < -0.3 is 11.5 Å². The molecule has 0 atom stereocenters. The zero-order valence-electron chi connectivity index (χ0n) is 19.8. The standard InChI is InChI=1S/2C16H12N.2ClH.Pd/c2*17-15-9-5-12(6-10-15)11-14-8-7-13-3-1-2-4-16(13)14;;;/h2*1-11,17H;2*1H;/q2*-1;;;+2/p-2. The number of benzene rings is 4. The van der Waals surface area contributed by atoms with Crippen molar-refractivity contribution in [3.05, 3.63) is 154 Å². The van der Waals surface area contributed by atoms with Gasteiger partial charge in [0, 0.05) is 0 Å². The van der Waals surface area contributed by atoms with Gasteiger partial charge in [-0.2, -0.15) is 0 Å². The second kappa shape index (κ2) is 13.3. The van der Waals surface area contributed by atoms with Crippen molar-refractivity contribution < 1.29 is 15.9 Å². The average molecular weight is 614 g/mol. The van der Waals surface area contributed by atoms with Gasteiger partial charge in [0.2, 0.25) is 0 Å². The summed E-state index contributed by atoms with van der Waals surface area (Å²) in [5, 5.41) is 0. The van der Waals surface area contributed by atoms with Crippen LogP contribution in [0, 0.1) is 0 Å². The summed E-state index contributed by atoms with van der Waals surface area (Å²) in [5.41, 5.74) is 25.9. The molecule has 5 heteroatoms. The van der Waals surface area contributed by atoms with Crippen LogP contribution in [-0.2, 0) is 15.9 Å². The summed E-state index contributed by atoms with van der Waals surface area (Å²) in [6.07, 6.45) is 12.9. The van der Waals surface area contributed by atoms with Crippen molar-refractivity contribution in [1.82, 2.24) is 0 Å². The fraction of sp³-hybridized carbons (Fsp3) is 0. The second-order valence-electron chi connectivity index (χ2n) is 8.33. The third kappa shape index (κ3) is 7.35. The second-order valence-corrected chi connectivity index (χ2v) is 10.7. The van der Waals surface area contributed by atoms with Gasteiger partial charge in [-0.15, -0.1) is 11.4 Å². The zero-order chi connectivity index (χ0) is 26.0. The van der Waals surface area contributed by atoms with Crippen LogP contribution in [0.2, 0.25) is 0 Å². The molecule has 188 valence electrons. The number of hydrogen-bond donors (Lipinski definition) is 0. The number of halogens is 2. The summed E-state index contributed by atoms with van der Waals surface area (Å²) < 4.78 is 0. The normalized spacial score (nSPS) is 14.5. The Morgan fingerprint density at radius 2 is 0.838 bits per heavy atom. The summed E-state index contributed by atoms with van der Waals surface area (Å²) >= 11 is -0.106. The van der Waals surface area contributed by atoms with Crippen LogP contribution in [0.1, 0.15) is 33.4 Å². The minimum Gasteiger partial charge on any atom is -0.699 e. The van der Waals surface area contributed by atoms with Gasteiger partial charge in [0.1, 0.15) is 0 Å². The van der Waals surface area contributed by atoms with Crippen molar-refractivity contribution in [2.24, 2.45) is 0 Å². The topological polar surface area (TPSA) is 47.6 Å². The van der Waals surface area contributed by atoms with Crippen LogP contribution in [0.4, 0.5) is 11.4 Å². The molecule has 0 saturated heterocycles. The molecule has 0 unspecified atom stereocenters. The van der Waals surface area contributed by atoms with Crippen LogP contribution >= 0.6 is 19.1 Å². The Morgan fingerprint density at radius 3 is 1.22 bits per heavy atom. The molecule has 0 heterocycles. The van der Waals surface area contributed by atoms with Gasteiger partial charge in [-0.1, -0.05) is 121 Å². The van der Waals surface area contributed by atoms with Gasteiger partial charge in [-0.05, 0) is 56.7 Å². The molecule has 0 spiro atoms. The third-order valence-corrected chi connectivity index (χ3v) is 5.89. The predicted molar refractivity (Wildman–Crippen MR) is 159 cm³/mol. The van der Waals surface area contributed by atoms with E-state index in [0.717, 1.165) is 11.1 Å². The van der Waals surface area contributed by atoms with Gasteiger partial charge in [-0.3, -0.25) is 0 Å². The molecule has 2 nitrogen and oxygen atoms in total. The number of rotatable bonds is 2. The summed E-state index contributed by atoms with van der Waals surface area (Å²) in [5.74, 6) is 0. The number of allylic oxidation sites excluding steroid dienone is 4. The maximum absolute atomic E-state index is 7.46. The van der Waals surface area contributed by atoms with E-state index >= 15 is 0 Å². The quantitative estimate of drug-likeness (QED) is 0.202. The molecule has 2 aliphatic carbocycles. The van der Waals surface area contributed by atoms with E-state index in [1.54, 1.807) is 0 Å². The maximum atomic E-state index is 7.46. The average Bonchev–Trinajstić information content (AvgIpc) is 3.52. The monoisotopic (exact) mass is 612 g/mol. The Morgan fingerprint density at radius 1 is 0.486 bits per heavy atom. The Balaban J connectivity index is 0.000000157. The molecule has 6 rings (SSSR count). The molecule has 0 fully saturated rings. The molecule has 0 saturated carbocycles. The van der Waals surface area contributed by atoms with Crippen LogP contribution in [0.25, 0.3) is 46.9 Å². The molecule has 4 aromatic rings. The van der Waals surface area contributed by atoms with E-state index in [1.165, 1.54) is 33.4 Å². The smallest absolute Gasteiger partial charge is 0.0111 e. The first-order valence-corrected chi connectivity index (χ1v) is 15.5. The summed E-state index contributed by atoms with van der Waals surface area (Å²) in [7, 11) is 9.63. The number of fused-ring (bicyclic) bond motifs is 2. The molecule has 0 bridgehead atoms. The van der Waals surface area contributed by atoms with E-state index < -0.39 is 0 Å². The summed E-state index contributed by atoms with van der Waals surface area (Å²) in [6.45, 7) is 0. The van der Waals surface area contributed by atoms with Gasteiger partial charge in [0.05, 0.1) is 0 Å². The van der Waals surface area contributed by atoms with E-state index in [1.807, 2.05) is 48.5 Å². The molecule has 4 aromatic carbocycles. The molecule has 37 heavy (non-hydrogen) atoms. The van der Waals surface area contributed by atoms with Crippen molar-refractivity contribution in [2.45, 2.75) is 0 Å². The minimum atomic E-state index is -0.106. The maximum Gasteiger partial charge on any atom is -0.0111 e. The van der Waals surface area contributed by atoms with Crippen molar-refractivity contribution in [1.29, 1.82) is 0 Å². The van der Waals surface area contributed by atoms with Crippen LogP contribution in [0.15, 0.2) is 109 Å². The van der Waals surface area contributed by atoms with Gasteiger partial charge in [-0.25, -0.2) is 0 Å². The fourth-order valence-corrected chi connectivity index (χ4v) is 4.12. The van der Waals surface area contributed by atoms with Gasteiger partial charge in [0.25, 0.3) is 0 Å². The van der Waals surface area contributed by atoms with Crippen LogP contribution in [-0.4, -0.2) is 0 Å². The van der Waals surface area contributed by atoms with Crippen molar-refractivity contribution >= 4 is 65.9 Å². The Kier molecular flexibility index (Phi) is 9.60. The third-order valence-electron chi connectivity index (χ3n) is 5.89. The first kappa shape index (κ1) is 26.7. The number of nitrogens with one attached hydrogen (secondary N) is 2. The predicted octanol–water partition coefficient (Wildman–Crippen LogP) is 11.3. The Labute approximate surface area is 234 Å². The summed E-state index contributed by atoms with van der Waals surface area (Å²) in [6, 6.07) is 31.9. The van der Waals surface area contributed by atoms with E-state index in [9.17, 15) is 0 Å². The van der Waals surface area contributed by atoms with Crippen LogP contribution in [0.5, 0.6) is 0 Å². The molecule has 0 amide bonds. The van der Waals surface area contributed by atoms with Crippen molar-refractivity contribution in [2.75, 3.05) is 0 Å². The molecule has 0 radical (unpaired) electrons. The first-order valence-electron chi connectivity index (χ1n) is 11.5. The molecule has 0 aliphatic heterocycles. The van der Waals surface area contributed by atoms with E-state index in [-0.39, 0.29) is 15.9 Å². The van der Waals surface area contributed by atoms with Gasteiger partial charge in [0.15, 0.2) is 0 Å². The molecule has 2 aliphatic rings. The first-order chi connectivity index (χ1) is 18.1. The van der Waals surface area contributed by atoms with E-state index in [2.05, 4.69) is 85.0 Å². The zero-order valence-corrected chi connectivity index (χ0v) is 22.8. The van der Waals surface area contributed by atoms with E-state index in [4.69, 9.17) is 30.5 Å². The molecule has 2 N–H and O–H groups in total. The van der Waals surface area contributed by atoms with Crippen molar-refractivity contribution in [3.63, 3.8) is 0 Å². The van der Waals surface area contributed by atoms with Crippen LogP contribution in [0.3, 0.4) is 0 Å². The largest absolute Gasteiger partial charge is 0.699 e. The Bertz CT molecular complexity index is 1350. The van der Waals surface area contributed by atoms with Gasteiger partial charge >= 0.3 is 35.0 Å². The minimum absolute atomic E-state index is 0.106. The molecular weight excluding hydrogens is 590 g/mol. The fourth-order valence-electron chi connectivity index (χ4n) is 4.12. The summed E-state index contributed by atoms with van der Waals surface area (Å²) in [4.78, 5) is 0. The Hall–Kier alpha value is -3.32.